The Morgan fingerprint density at radius 2 is 1.70 bits per heavy atom. The quantitative estimate of drug-likeness (QED) is 0.705. The second kappa shape index (κ2) is 6.70. The Bertz CT molecular complexity index is 801. The molecule has 0 aliphatic carbocycles. The van der Waals surface area contributed by atoms with Gasteiger partial charge in [-0.1, -0.05) is 18.2 Å². The average Bonchev–Trinajstić information content (AvgIpc) is 2.62. The van der Waals surface area contributed by atoms with Crippen LogP contribution in [0.3, 0.4) is 0 Å². The first-order valence-electron chi connectivity index (χ1n) is 7.18. The normalized spacial score (nSPS) is 10.1. The predicted molar refractivity (Wildman–Crippen MR) is 90.5 cm³/mol. The third kappa shape index (κ3) is 3.35. The summed E-state index contributed by atoms with van der Waals surface area (Å²) in [6.45, 7) is 0. The fraction of sp³-hybridized carbons (Fsp3) is 0.0556. The van der Waals surface area contributed by atoms with E-state index in [1.54, 1.807) is 13.2 Å². The van der Waals surface area contributed by atoms with E-state index in [1.807, 2.05) is 54.6 Å². The summed E-state index contributed by atoms with van der Waals surface area (Å²) in [5, 5.41) is 11.3. The van der Waals surface area contributed by atoms with E-state index in [9.17, 15) is 0 Å². The Kier molecular flexibility index (Phi) is 4.29. The topological polar surface area (TPSA) is 70.9 Å². The lowest BCUT2D eigenvalue weighted by Gasteiger charge is -2.10. The second-order valence-electron chi connectivity index (χ2n) is 4.85. The van der Waals surface area contributed by atoms with Crippen molar-refractivity contribution in [3.63, 3.8) is 0 Å². The number of anilines is 1. The third-order valence-corrected chi connectivity index (χ3v) is 3.34. The molecule has 2 N–H and O–H groups in total. The molecule has 5 nitrogen and oxygen atoms in total. The van der Waals surface area contributed by atoms with E-state index in [4.69, 9.17) is 10.1 Å². The lowest BCUT2D eigenvalue weighted by molar-refractivity contribution is 0.482. The van der Waals surface area contributed by atoms with E-state index in [2.05, 4.69) is 15.3 Å². The summed E-state index contributed by atoms with van der Waals surface area (Å²) in [5.74, 6) is 2.14. The number of ether oxygens (including phenoxy) is 1. The van der Waals surface area contributed by atoms with Crippen LogP contribution in [-0.4, -0.2) is 22.7 Å². The minimum Gasteiger partial charge on any atom is -0.457 e. The van der Waals surface area contributed by atoms with Gasteiger partial charge in [0.1, 0.15) is 23.6 Å². The van der Waals surface area contributed by atoms with E-state index >= 15 is 0 Å². The fourth-order valence-electron chi connectivity index (χ4n) is 2.18. The van der Waals surface area contributed by atoms with E-state index < -0.39 is 0 Å². The molecule has 3 rings (SSSR count). The zero-order valence-corrected chi connectivity index (χ0v) is 12.7. The van der Waals surface area contributed by atoms with E-state index in [0.29, 0.717) is 17.1 Å². The number of hydrogen-bond donors (Lipinski definition) is 2. The fourth-order valence-corrected chi connectivity index (χ4v) is 2.18. The summed E-state index contributed by atoms with van der Waals surface area (Å²) >= 11 is 0. The molecule has 0 radical (unpaired) electrons. The minimum absolute atomic E-state index is 0.362. The summed E-state index contributed by atoms with van der Waals surface area (Å²) < 4.78 is 5.76. The molecule has 0 saturated heterocycles. The number of benzene rings is 2. The van der Waals surface area contributed by atoms with Crippen molar-refractivity contribution in [3.05, 3.63) is 78.2 Å². The summed E-state index contributed by atoms with van der Waals surface area (Å²) in [4.78, 5) is 8.13. The first-order valence-corrected chi connectivity index (χ1v) is 7.18. The molecule has 114 valence electrons. The predicted octanol–water partition coefficient (Wildman–Crippen LogP) is 3.73. The van der Waals surface area contributed by atoms with Gasteiger partial charge in [-0.05, 0) is 36.4 Å². The number of nitrogens with zero attached hydrogens (tertiary/aromatic N) is 2. The molecule has 0 aliphatic rings. The van der Waals surface area contributed by atoms with Crippen LogP contribution in [0.15, 0.2) is 67.1 Å². The number of rotatable bonds is 5. The highest BCUT2D eigenvalue weighted by Gasteiger charge is 2.11. The maximum atomic E-state index is 8.35. The largest absolute Gasteiger partial charge is 0.457 e. The van der Waals surface area contributed by atoms with Crippen molar-refractivity contribution < 1.29 is 4.74 Å². The molecule has 5 heteroatoms. The van der Waals surface area contributed by atoms with Crippen molar-refractivity contribution in [2.75, 3.05) is 12.4 Å². The lowest BCUT2D eigenvalue weighted by atomic mass is 10.0. The van der Waals surface area contributed by atoms with Crippen LogP contribution in [0.2, 0.25) is 0 Å². The van der Waals surface area contributed by atoms with E-state index in [0.717, 1.165) is 17.1 Å². The maximum absolute atomic E-state index is 8.35. The zero-order chi connectivity index (χ0) is 16.1. The van der Waals surface area contributed by atoms with Gasteiger partial charge in [-0.2, -0.15) is 0 Å². The van der Waals surface area contributed by atoms with Crippen molar-refractivity contribution >= 4 is 11.5 Å². The molecule has 0 bridgehead atoms. The van der Waals surface area contributed by atoms with Crippen LogP contribution < -0.4 is 10.1 Å². The Morgan fingerprint density at radius 3 is 2.39 bits per heavy atom. The maximum Gasteiger partial charge on any atom is 0.138 e. The van der Waals surface area contributed by atoms with Gasteiger partial charge in [0.05, 0.1) is 11.3 Å². The Morgan fingerprint density at radius 1 is 1.00 bits per heavy atom. The minimum atomic E-state index is 0.362. The number of nitrogens with one attached hydrogen (secondary N) is 2. The number of para-hydroxylation sites is 1. The summed E-state index contributed by atoms with van der Waals surface area (Å²) in [5.41, 5.74) is 1.80. The highest BCUT2D eigenvalue weighted by atomic mass is 16.5. The van der Waals surface area contributed by atoms with Crippen LogP contribution in [-0.2, 0) is 0 Å². The van der Waals surface area contributed by atoms with Crippen LogP contribution in [0.25, 0.3) is 0 Å². The van der Waals surface area contributed by atoms with Crippen LogP contribution >= 0.6 is 0 Å². The molecule has 1 heterocycles. The second-order valence-corrected chi connectivity index (χ2v) is 4.85. The molecule has 2 aromatic carbocycles. The Labute approximate surface area is 134 Å². The standard InChI is InChI=1S/C18H16N4O/c1-20-18-16(11-21-12-22-18)17(19)13-7-9-15(10-8-13)23-14-5-3-2-4-6-14/h2-12,19H,1H3,(H,20,21,22). The summed E-state index contributed by atoms with van der Waals surface area (Å²) in [6.07, 6.45) is 3.09. The molecule has 0 amide bonds. The first kappa shape index (κ1) is 14.7. The van der Waals surface area contributed by atoms with Crippen molar-refractivity contribution in [3.8, 4) is 11.5 Å². The molecule has 3 aromatic rings. The van der Waals surface area contributed by atoms with E-state index in [1.165, 1.54) is 6.33 Å². The SMILES string of the molecule is CNc1ncncc1C(=N)c1ccc(Oc2ccccc2)cc1. The molecule has 0 atom stereocenters. The molecule has 0 saturated carbocycles. The highest BCUT2D eigenvalue weighted by Crippen LogP contribution is 2.22. The average molecular weight is 304 g/mol. The van der Waals surface area contributed by atoms with Gasteiger partial charge in [0, 0.05) is 18.8 Å². The van der Waals surface area contributed by atoms with Crippen molar-refractivity contribution in [2.45, 2.75) is 0 Å². The van der Waals surface area contributed by atoms with Crippen molar-refractivity contribution in [1.29, 1.82) is 5.41 Å². The monoisotopic (exact) mass is 304 g/mol. The van der Waals surface area contributed by atoms with Crippen molar-refractivity contribution in [2.24, 2.45) is 0 Å². The van der Waals surface area contributed by atoms with Gasteiger partial charge in [0.25, 0.3) is 0 Å². The Balaban J connectivity index is 1.80. The van der Waals surface area contributed by atoms with Gasteiger partial charge in [-0.25, -0.2) is 9.97 Å². The van der Waals surface area contributed by atoms with Crippen molar-refractivity contribution in [1.82, 2.24) is 9.97 Å². The van der Waals surface area contributed by atoms with Gasteiger partial charge < -0.3 is 10.1 Å². The van der Waals surface area contributed by atoms with Gasteiger partial charge in [0.2, 0.25) is 0 Å². The summed E-state index contributed by atoms with van der Waals surface area (Å²) in [7, 11) is 1.77. The lowest BCUT2D eigenvalue weighted by Crippen LogP contribution is -2.07. The van der Waals surface area contributed by atoms with E-state index in [-0.39, 0.29) is 0 Å². The van der Waals surface area contributed by atoms with Crippen LogP contribution in [0.5, 0.6) is 11.5 Å². The molecule has 0 spiro atoms. The molecule has 0 unspecified atom stereocenters. The third-order valence-electron chi connectivity index (χ3n) is 3.34. The molecule has 0 fully saturated rings. The summed E-state index contributed by atoms with van der Waals surface area (Å²) in [6, 6.07) is 17.0. The van der Waals surface area contributed by atoms with Crippen LogP contribution in [0.1, 0.15) is 11.1 Å². The molecule has 23 heavy (non-hydrogen) atoms. The number of aromatic nitrogens is 2. The first-order chi connectivity index (χ1) is 11.3. The molecular formula is C18H16N4O. The zero-order valence-electron chi connectivity index (χ0n) is 12.7. The highest BCUT2D eigenvalue weighted by molar-refractivity contribution is 6.13. The molecule has 1 aromatic heterocycles. The number of hydrogen-bond acceptors (Lipinski definition) is 5. The smallest absolute Gasteiger partial charge is 0.138 e. The van der Waals surface area contributed by atoms with Gasteiger partial charge in [-0.15, -0.1) is 0 Å². The van der Waals surface area contributed by atoms with Crippen LogP contribution in [0.4, 0.5) is 5.82 Å². The van der Waals surface area contributed by atoms with Gasteiger partial charge >= 0.3 is 0 Å². The Hall–Kier alpha value is -3.21. The van der Waals surface area contributed by atoms with Gasteiger partial charge in [0.15, 0.2) is 0 Å². The molecule has 0 aliphatic heterocycles. The van der Waals surface area contributed by atoms with Gasteiger partial charge in [-0.3, -0.25) is 5.41 Å². The van der Waals surface area contributed by atoms with Crippen LogP contribution in [0, 0.1) is 5.41 Å². The molecular weight excluding hydrogens is 288 g/mol.